The lowest BCUT2D eigenvalue weighted by Gasteiger charge is -1.90. The Balaban J connectivity index is 0.000000283. The molecule has 3 aromatic rings. The number of hydrogen-bond donors (Lipinski definition) is 0. The van der Waals surface area contributed by atoms with Crippen LogP contribution < -0.4 is 0 Å². The number of rotatable bonds is 0. The van der Waals surface area contributed by atoms with Crippen molar-refractivity contribution in [1.82, 2.24) is 9.97 Å². The lowest BCUT2D eigenvalue weighted by atomic mass is 10.2. The first-order valence-corrected chi connectivity index (χ1v) is 6.52. The maximum Gasteiger partial charge on any atom is 0.0267 e. The molecule has 110 valence electrons. The molecule has 0 aliphatic heterocycles. The molecule has 0 unspecified atom stereocenters. The Morgan fingerprint density at radius 3 is 0.952 bits per heavy atom. The largest absolute Gasteiger partial charge is 0.265 e. The monoisotopic (exact) mass is 344 g/mol. The zero-order valence-electron chi connectivity index (χ0n) is 12.4. The van der Waals surface area contributed by atoms with Gasteiger partial charge in [-0.25, -0.2) is 0 Å². The van der Waals surface area contributed by atoms with Gasteiger partial charge in [0, 0.05) is 24.8 Å². The van der Waals surface area contributed by atoms with Crippen LogP contribution >= 0.6 is 17.0 Å². The fourth-order valence-electron chi connectivity index (χ4n) is 1.26. The van der Waals surface area contributed by atoms with E-state index in [9.17, 15) is 0 Å². The topological polar surface area (TPSA) is 25.8 Å². The van der Waals surface area contributed by atoms with Crippen LogP contribution in [0.5, 0.6) is 0 Å². The molecular weight excluding hydrogens is 324 g/mol. The summed E-state index contributed by atoms with van der Waals surface area (Å²) in [6, 6.07) is 19.9. The average Bonchev–Trinajstić information content (AvgIpc) is 2.55. The van der Waals surface area contributed by atoms with E-state index in [1.807, 2.05) is 36.4 Å². The van der Waals surface area contributed by atoms with Crippen molar-refractivity contribution in [2.45, 2.75) is 13.8 Å². The molecule has 3 rings (SSSR count). The lowest BCUT2D eigenvalue weighted by Crippen LogP contribution is -1.70. The van der Waals surface area contributed by atoms with Gasteiger partial charge in [0.25, 0.3) is 0 Å². The van der Waals surface area contributed by atoms with Gasteiger partial charge in [0.15, 0.2) is 0 Å². The van der Waals surface area contributed by atoms with Crippen molar-refractivity contribution < 1.29 is 0 Å². The first kappa shape index (κ1) is 19.0. The van der Waals surface area contributed by atoms with E-state index in [4.69, 9.17) is 0 Å². The van der Waals surface area contributed by atoms with Crippen LogP contribution in [0.4, 0.5) is 0 Å². The summed E-state index contributed by atoms with van der Waals surface area (Å²) in [5.41, 5.74) is 2.66. The fourth-order valence-corrected chi connectivity index (χ4v) is 1.26. The zero-order chi connectivity index (χ0) is 14.5. The van der Waals surface area contributed by atoms with Crippen molar-refractivity contribution in [2.24, 2.45) is 0 Å². The molecule has 2 heterocycles. The van der Waals surface area contributed by atoms with E-state index in [-0.39, 0.29) is 17.0 Å². The van der Waals surface area contributed by atoms with Gasteiger partial charge in [0.1, 0.15) is 0 Å². The number of aryl methyl sites for hydroxylation is 2. The number of aromatic nitrogens is 2. The third-order valence-electron chi connectivity index (χ3n) is 2.35. The average molecular weight is 345 g/mol. The van der Waals surface area contributed by atoms with Gasteiger partial charge in [-0.1, -0.05) is 47.5 Å². The van der Waals surface area contributed by atoms with E-state index in [1.54, 1.807) is 24.8 Å². The molecule has 0 amide bonds. The van der Waals surface area contributed by atoms with Crippen molar-refractivity contribution in [2.75, 3.05) is 0 Å². The van der Waals surface area contributed by atoms with Gasteiger partial charge in [0.05, 0.1) is 0 Å². The molecule has 0 saturated heterocycles. The molecule has 2 aromatic heterocycles. The minimum absolute atomic E-state index is 0. The molecule has 3 heteroatoms. The Labute approximate surface area is 137 Å². The molecule has 0 aliphatic rings. The van der Waals surface area contributed by atoms with Gasteiger partial charge < -0.3 is 0 Å². The predicted molar refractivity (Wildman–Crippen MR) is 94.7 cm³/mol. The molecule has 1 aromatic carbocycles. The van der Waals surface area contributed by atoms with Crippen LogP contribution in [0, 0.1) is 13.8 Å². The number of nitrogens with zero attached hydrogens (tertiary/aromatic N) is 2. The molecular formula is C18H21BrN2. The zero-order valence-corrected chi connectivity index (χ0v) is 14.1. The second-order valence-corrected chi connectivity index (χ2v) is 4.20. The van der Waals surface area contributed by atoms with Gasteiger partial charge in [0.2, 0.25) is 0 Å². The van der Waals surface area contributed by atoms with E-state index >= 15 is 0 Å². The van der Waals surface area contributed by atoms with Gasteiger partial charge in [-0.2, -0.15) is 0 Å². The maximum absolute atomic E-state index is 3.78. The summed E-state index contributed by atoms with van der Waals surface area (Å²) in [5, 5.41) is 0. The molecule has 0 bridgehead atoms. The third kappa shape index (κ3) is 11.5. The van der Waals surface area contributed by atoms with Crippen LogP contribution in [0.15, 0.2) is 85.5 Å². The molecule has 0 spiro atoms. The van der Waals surface area contributed by atoms with Crippen molar-refractivity contribution in [3.8, 4) is 0 Å². The molecule has 0 radical (unpaired) electrons. The van der Waals surface area contributed by atoms with Crippen LogP contribution in [0.2, 0.25) is 0 Å². The second kappa shape index (κ2) is 13.0. The smallest absolute Gasteiger partial charge is 0.0267 e. The van der Waals surface area contributed by atoms with E-state index in [2.05, 4.69) is 48.1 Å². The van der Waals surface area contributed by atoms with E-state index in [1.165, 1.54) is 11.1 Å². The minimum Gasteiger partial charge on any atom is -0.265 e. The van der Waals surface area contributed by atoms with Crippen molar-refractivity contribution >= 4 is 17.0 Å². The third-order valence-corrected chi connectivity index (χ3v) is 2.35. The fraction of sp³-hybridized carbons (Fsp3) is 0.111. The second-order valence-electron chi connectivity index (χ2n) is 4.20. The Kier molecular flexibility index (Phi) is 11.8. The lowest BCUT2D eigenvalue weighted by molar-refractivity contribution is 1.33. The highest BCUT2D eigenvalue weighted by Crippen LogP contribution is 1.99. The molecule has 0 N–H and O–H groups in total. The summed E-state index contributed by atoms with van der Waals surface area (Å²) in [7, 11) is 0. The first-order chi connectivity index (χ1) is 9.79. The first-order valence-electron chi connectivity index (χ1n) is 6.52. The van der Waals surface area contributed by atoms with Gasteiger partial charge in [-0.15, -0.1) is 17.0 Å². The Morgan fingerprint density at radius 2 is 0.810 bits per heavy atom. The molecule has 0 atom stereocenters. The minimum atomic E-state index is 0. The van der Waals surface area contributed by atoms with Gasteiger partial charge >= 0.3 is 0 Å². The number of benzene rings is 1. The normalized spacial score (nSPS) is 8.10. The number of pyridine rings is 2. The van der Waals surface area contributed by atoms with Crippen molar-refractivity contribution in [3.05, 3.63) is 96.6 Å². The number of hydrogen-bond acceptors (Lipinski definition) is 2. The SMILES string of the molecule is Br.Cc1ccc(C)cc1.c1ccncc1.c1ccncc1. The summed E-state index contributed by atoms with van der Waals surface area (Å²) in [6.45, 7) is 4.19. The van der Waals surface area contributed by atoms with E-state index in [0.29, 0.717) is 0 Å². The summed E-state index contributed by atoms with van der Waals surface area (Å²) in [5.74, 6) is 0. The van der Waals surface area contributed by atoms with E-state index in [0.717, 1.165) is 0 Å². The molecule has 21 heavy (non-hydrogen) atoms. The van der Waals surface area contributed by atoms with Gasteiger partial charge in [-0.05, 0) is 38.1 Å². The Hall–Kier alpha value is -2.00. The summed E-state index contributed by atoms with van der Waals surface area (Å²) >= 11 is 0. The highest BCUT2D eigenvalue weighted by atomic mass is 79.9. The van der Waals surface area contributed by atoms with Gasteiger partial charge in [-0.3, -0.25) is 9.97 Å². The Bertz CT molecular complexity index is 433. The molecule has 0 saturated carbocycles. The van der Waals surface area contributed by atoms with Crippen LogP contribution in [0.25, 0.3) is 0 Å². The number of halogens is 1. The summed E-state index contributed by atoms with van der Waals surface area (Å²) < 4.78 is 0. The molecule has 0 aliphatic carbocycles. The summed E-state index contributed by atoms with van der Waals surface area (Å²) in [6.07, 6.45) is 7.00. The molecule has 2 nitrogen and oxygen atoms in total. The van der Waals surface area contributed by atoms with Crippen molar-refractivity contribution in [3.63, 3.8) is 0 Å². The maximum atomic E-state index is 3.78. The Morgan fingerprint density at radius 1 is 0.524 bits per heavy atom. The van der Waals surface area contributed by atoms with Crippen molar-refractivity contribution in [1.29, 1.82) is 0 Å². The van der Waals surface area contributed by atoms with Crippen LogP contribution in [-0.4, -0.2) is 9.97 Å². The highest BCUT2D eigenvalue weighted by molar-refractivity contribution is 8.93. The summed E-state index contributed by atoms with van der Waals surface area (Å²) in [4.78, 5) is 7.57. The van der Waals surface area contributed by atoms with E-state index < -0.39 is 0 Å². The quantitative estimate of drug-likeness (QED) is 0.570. The van der Waals surface area contributed by atoms with Crippen LogP contribution in [0.1, 0.15) is 11.1 Å². The highest BCUT2D eigenvalue weighted by Gasteiger charge is 1.79. The van der Waals surface area contributed by atoms with Crippen LogP contribution in [-0.2, 0) is 0 Å². The van der Waals surface area contributed by atoms with Crippen LogP contribution in [0.3, 0.4) is 0 Å². The predicted octanol–water partition coefficient (Wildman–Crippen LogP) is 5.04. The molecule has 0 fully saturated rings. The standard InChI is InChI=1S/C8H10.2C5H5N.BrH/c1-7-3-5-8(2)6-4-7;2*1-2-4-6-5-3-1;/h3-6H,1-2H3;2*1-5H;1H.